The van der Waals surface area contributed by atoms with Crippen molar-refractivity contribution < 1.29 is 4.79 Å². The van der Waals surface area contributed by atoms with Gasteiger partial charge in [0.2, 0.25) is 11.7 Å². The van der Waals surface area contributed by atoms with E-state index in [-0.39, 0.29) is 22.6 Å². The van der Waals surface area contributed by atoms with Crippen molar-refractivity contribution in [2.45, 2.75) is 62.9 Å². The molecule has 4 rings (SSSR count). The number of carbonyl (C=O) groups is 1. The molecule has 1 amide bonds. The smallest absolute Gasteiger partial charge is 0.262 e. The molecule has 178 valence electrons. The lowest BCUT2D eigenvalue weighted by atomic mass is 10.0. The first-order valence-corrected chi connectivity index (χ1v) is 12.7. The molecule has 0 saturated heterocycles. The van der Waals surface area contributed by atoms with Crippen LogP contribution in [-0.4, -0.2) is 36.9 Å². The van der Waals surface area contributed by atoms with Gasteiger partial charge < -0.3 is 5.32 Å². The topological polar surface area (TPSA) is 81.3 Å². The monoisotopic (exact) mass is 477 g/mol. The number of thioether (sulfide) groups is 1. The van der Waals surface area contributed by atoms with Crippen LogP contribution in [0.5, 0.6) is 0 Å². The first-order chi connectivity index (χ1) is 16.5. The number of rotatable bonds is 10. The first kappa shape index (κ1) is 24.0. The second-order valence-electron chi connectivity index (χ2n) is 8.62. The Kier molecular flexibility index (Phi) is 7.67. The van der Waals surface area contributed by atoms with Gasteiger partial charge in [-0.3, -0.25) is 18.6 Å². The zero-order valence-corrected chi connectivity index (χ0v) is 20.7. The summed E-state index contributed by atoms with van der Waals surface area (Å²) in [6.45, 7) is 7.26. The molecule has 8 heteroatoms. The number of fused-ring (bicyclic) bond motifs is 3. The molecule has 0 bridgehead atoms. The predicted molar refractivity (Wildman–Crippen MR) is 137 cm³/mol. The van der Waals surface area contributed by atoms with Crippen molar-refractivity contribution in [3.63, 3.8) is 0 Å². The van der Waals surface area contributed by atoms with Crippen LogP contribution < -0.4 is 10.9 Å². The highest BCUT2D eigenvalue weighted by atomic mass is 32.2. The van der Waals surface area contributed by atoms with Crippen molar-refractivity contribution in [1.29, 1.82) is 0 Å². The van der Waals surface area contributed by atoms with Gasteiger partial charge in [-0.2, -0.15) is 0 Å². The van der Waals surface area contributed by atoms with Crippen LogP contribution in [0.2, 0.25) is 0 Å². The summed E-state index contributed by atoms with van der Waals surface area (Å²) in [5.41, 5.74) is 1.90. The van der Waals surface area contributed by atoms with Gasteiger partial charge in [0.1, 0.15) is 0 Å². The average molecular weight is 478 g/mol. The van der Waals surface area contributed by atoms with E-state index in [0.717, 1.165) is 24.8 Å². The Labute approximate surface area is 203 Å². The van der Waals surface area contributed by atoms with E-state index in [2.05, 4.69) is 41.5 Å². The lowest BCUT2D eigenvalue weighted by Gasteiger charge is -2.16. The fourth-order valence-electron chi connectivity index (χ4n) is 4.04. The number of para-hydroxylation sites is 1. The number of hydrogen-bond donors (Lipinski definition) is 1. The number of amides is 1. The third kappa shape index (κ3) is 5.01. The molecule has 0 aliphatic heterocycles. The molecular formula is C26H31N5O2S. The predicted octanol–water partition coefficient (Wildman–Crippen LogP) is 4.63. The molecule has 0 aliphatic carbocycles. The Morgan fingerprint density at radius 3 is 2.53 bits per heavy atom. The van der Waals surface area contributed by atoms with Crippen LogP contribution >= 0.6 is 11.8 Å². The van der Waals surface area contributed by atoms with E-state index in [1.807, 2.05) is 53.8 Å². The quantitative estimate of drug-likeness (QED) is 0.266. The number of benzene rings is 2. The Balaban J connectivity index is 1.57. The molecule has 2 aromatic heterocycles. The van der Waals surface area contributed by atoms with Crippen molar-refractivity contribution in [1.82, 2.24) is 24.5 Å². The minimum Gasteiger partial charge on any atom is -0.355 e. The number of nitrogens with one attached hydrogen (secondary N) is 1. The highest BCUT2D eigenvalue weighted by Gasteiger charge is 2.22. The molecule has 0 fully saturated rings. The summed E-state index contributed by atoms with van der Waals surface area (Å²) < 4.78 is 3.62. The van der Waals surface area contributed by atoms with Crippen LogP contribution in [0.15, 0.2) is 64.5 Å². The van der Waals surface area contributed by atoms with Crippen LogP contribution in [0.25, 0.3) is 16.7 Å². The summed E-state index contributed by atoms with van der Waals surface area (Å²) in [6.07, 6.45) is 3.01. The highest BCUT2D eigenvalue weighted by Crippen LogP contribution is 2.25. The molecular weight excluding hydrogens is 446 g/mol. The van der Waals surface area contributed by atoms with Crippen molar-refractivity contribution in [2.75, 3.05) is 6.54 Å². The maximum atomic E-state index is 13.2. The van der Waals surface area contributed by atoms with Gasteiger partial charge in [0, 0.05) is 13.1 Å². The van der Waals surface area contributed by atoms with Gasteiger partial charge in [-0.15, -0.1) is 10.2 Å². The normalized spacial score (nSPS) is 13.3. The SMILES string of the molecule is CCCCCn1c(=O)c2ccccc2n2c(SC(C)C(=O)NCC(C)c3ccccc3)nnc12. The maximum absolute atomic E-state index is 13.2. The maximum Gasteiger partial charge on any atom is 0.262 e. The first-order valence-electron chi connectivity index (χ1n) is 11.9. The number of nitrogens with zero attached hydrogens (tertiary/aromatic N) is 4. The summed E-state index contributed by atoms with van der Waals surface area (Å²) in [5, 5.41) is 12.7. The second kappa shape index (κ2) is 10.9. The van der Waals surface area contributed by atoms with E-state index in [9.17, 15) is 9.59 Å². The molecule has 2 aromatic carbocycles. The van der Waals surface area contributed by atoms with Gasteiger partial charge >= 0.3 is 0 Å². The number of aromatic nitrogens is 4. The van der Waals surface area contributed by atoms with E-state index in [0.29, 0.717) is 29.4 Å². The summed E-state index contributed by atoms with van der Waals surface area (Å²) in [7, 11) is 0. The van der Waals surface area contributed by atoms with Crippen LogP contribution in [0, 0.1) is 0 Å². The van der Waals surface area contributed by atoms with E-state index >= 15 is 0 Å². The number of carbonyl (C=O) groups excluding carboxylic acids is 1. The molecule has 0 aliphatic rings. The summed E-state index contributed by atoms with van der Waals surface area (Å²) >= 11 is 1.35. The molecule has 0 radical (unpaired) electrons. The molecule has 34 heavy (non-hydrogen) atoms. The fourth-order valence-corrected chi connectivity index (χ4v) is 4.92. The number of aryl methyl sites for hydroxylation is 1. The van der Waals surface area contributed by atoms with Crippen molar-refractivity contribution in [2.24, 2.45) is 0 Å². The Bertz CT molecular complexity index is 1330. The van der Waals surface area contributed by atoms with Crippen molar-refractivity contribution >= 4 is 34.3 Å². The van der Waals surface area contributed by atoms with Crippen LogP contribution in [-0.2, 0) is 11.3 Å². The lowest BCUT2D eigenvalue weighted by molar-refractivity contribution is -0.120. The van der Waals surface area contributed by atoms with Gasteiger partial charge in [0.15, 0.2) is 5.16 Å². The molecule has 4 aromatic rings. The Hall–Kier alpha value is -3.13. The number of hydrogen-bond acceptors (Lipinski definition) is 5. The third-order valence-electron chi connectivity index (χ3n) is 6.07. The third-order valence-corrected chi connectivity index (χ3v) is 7.11. The lowest BCUT2D eigenvalue weighted by Crippen LogP contribution is -2.33. The zero-order chi connectivity index (χ0) is 24.1. The van der Waals surface area contributed by atoms with Gasteiger partial charge in [0.05, 0.1) is 16.2 Å². The molecule has 2 unspecified atom stereocenters. The summed E-state index contributed by atoms with van der Waals surface area (Å²) in [5.74, 6) is 0.690. The minimum absolute atomic E-state index is 0.0508. The molecule has 2 atom stereocenters. The number of unbranched alkanes of at least 4 members (excludes halogenated alkanes) is 2. The van der Waals surface area contributed by atoms with Crippen LogP contribution in [0.4, 0.5) is 0 Å². The molecule has 0 saturated carbocycles. The van der Waals surface area contributed by atoms with Crippen LogP contribution in [0.3, 0.4) is 0 Å². The summed E-state index contributed by atoms with van der Waals surface area (Å²) in [4.78, 5) is 26.0. The molecule has 2 heterocycles. The van der Waals surface area contributed by atoms with Gasteiger partial charge in [-0.05, 0) is 37.0 Å². The second-order valence-corrected chi connectivity index (χ2v) is 9.92. The molecule has 0 spiro atoms. The van der Waals surface area contributed by atoms with Crippen molar-refractivity contribution in [3.05, 3.63) is 70.5 Å². The fraction of sp³-hybridized carbons (Fsp3) is 0.385. The van der Waals surface area contributed by atoms with Crippen molar-refractivity contribution in [3.8, 4) is 0 Å². The minimum atomic E-state index is -0.366. The highest BCUT2D eigenvalue weighted by molar-refractivity contribution is 8.00. The largest absolute Gasteiger partial charge is 0.355 e. The zero-order valence-electron chi connectivity index (χ0n) is 19.9. The van der Waals surface area contributed by atoms with E-state index in [1.54, 1.807) is 4.57 Å². The Morgan fingerprint density at radius 2 is 1.76 bits per heavy atom. The van der Waals surface area contributed by atoms with E-state index in [1.165, 1.54) is 17.3 Å². The summed E-state index contributed by atoms with van der Waals surface area (Å²) in [6, 6.07) is 17.7. The van der Waals surface area contributed by atoms with E-state index < -0.39 is 0 Å². The molecule has 1 N–H and O–H groups in total. The van der Waals surface area contributed by atoms with Gasteiger partial charge in [0.25, 0.3) is 5.56 Å². The standard InChI is InChI=1S/C26H31N5O2S/c1-4-5-11-16-30-24(33)21-14-9-10-15-22(21)31-25(30)28-29-26(31)34-19(3)23(32)27-17-18(2)20-12-7-6-8-13-20/h6-10,12-15,18-19H,4-5,11,16-17H2,1-3H3,(H,27,32). The van der Waals surface area contributed by atoms with Gasteiger partial charge in [-0.1, -0.05) is 80.9 Å². The average Bonchev–Trinajstić information content (AvgIpc) is 3.28. The van der Waals surface area contributed by atoms with Gasteiger partial charge in [-0.25, -0.2) is 0 Å². The van der Waals surface area contributed by atoms with E-state index in [4.69, 9.17) is 0 Å². The van der Waals surface area contributed by atoms with Crippen LogP contribution in [0.1, 0.15) is 51.5 Å². The Morgan fingerprint density at radius 1 is 1.03 bits per heavy atom. The molecule has 7 nitrogen and oxygen atoms in total.